The Morgan fingerprint density at radius 3 is 2.53 bits per heavy atom. The van der Waals surface area contributed by atoms with Crippen molar-refractivity contribution in [1.29, 1.82) is 0 Å². The Morgan fingerprint density at radius 1 is 1.16 bits per heavy atom. The van der Waals surface area contributed by atoms with Gasteiger partial charge in [0, 0.05) is 6.61 Å². The van der Waals surface area contributed by atoms with Crippen LogP contribution in [0, 0.1) is 0 Å². The van der Waals surface area contributed by atoms with Gasteiger partial charge in [-0.15, -0.1) is 0 Å². The molecule has 0 aromatic heterocycles. The van der Waals surface area contributed by atoms with Crippen molar-refractivity contribution in [2.45, 2.75) is 39.0 Å². The zero-order valence-corrected chi connectivity index (χ0v) is 11.9. The Bertz CT molecular complexity index is 348. The minimum Gasteiger partial charge on any atom is -0.465 e. The summed E-state index contributed by atoms with van der Waals surface area (Å²) in [5.41, 5.74) is 0.955. The molecule has 19 heavy (non-hydrogen) atoms. The fourth-order valence-electron chi connectivity index (χ4n) is 1.85. The summed E-state index contributed by atoms with van der Waals surface area (Å²) in [5.74, 6) is -0.501. The summed E-state index contributed by atoms with van der Waals surface area (Å²) >= 11 is 0. The van der Waals surface area contributed by atoms with Crippen LogP contribution >= 0.6 is 0 Å². The van der Waals surface area contributed by atoms with E-state index in [0.29, 0.717) is 19.8 Å². The quantitative estimate of drug-likeness (QED) is 0.505. The van der Waals surface area contributed by atoms with Crippen molar-refractivity contribution in [3.05, 3.63) is 35.9 Å². The van der Waals surface area contributed by atoms with Gasteiger partial charge in [-0.1, -0.05) is 50.1 Å². The van der Waals surface area contributed by atoms with Crippen LogP contribution in [0.4, 0.5) is 0 Å². The third-order valence-electron chi connectivity index (χ3n) is 2.97. The average Bonchev–Trinajstić information content (AvgIpc) is 2.45. The van der Waals surface area contributed by atoms with Gasteiger partial charge in [0.25, 0.3) is 0 Å². The van der Waals surface area contributed by atoms with Crippen molar-refractivity contribution >= 4 is 5.97 Å². The molecule has 0 radical (unpaired) electrons. The zero-order chi connectivity index (χ0) is 13.9. The monoisotopic (exact) mass is 264 g/mol. The van der Waals surface area contributed by atoms with Crippen LogP contribution < -0.4 is 0 Å². The van der Waals surface area contributed by atoms with E-state index in [1.54, 1.807) is 0 Å². The molecule has 0 aliphatic rings. The molecule has 0 N–H and O–H groups in total. The number of ether oxygens (including phenoxy) is 2. The molecule has 0 spiro atoms. The molecule has 0 bridgehead atoms. The first-order valence-electron chi connectivity index (χ1n) is 7.08. The Hall–Kier alpha value is -1.35. The van der Waals surface area contributed by atoms with Crippen molar-refractivity contribution in [3.63, 3.8) is 0 Å². The SMILES string of the molecule is CCCCCOC(=O)C(COCC)c1ccccc1. The lowest BCUT2D eigenvalue weighted by molar-refractivity contribution is -0.147. The minimum absolute atomic E-state index is 0.184. The summed E-state index contributed by atoms with van der Waals surface area (Å²) in [6.07, 6.45) is 3.14. The van der Waals surface area contributed by atoms with E-state index in [2.05, 4.69) is 6.92 Å². The molecule has 0 amide bonds. The van der Waals surface area contributed by atoms with E-state index in [0.717, 1.165) is 24.8 Å². The lowest BCUT2D eigenvalue weighted by Gasteiger charge is -2.16. The van der Waals surface area contributed by atoms with E-state index in [1.807, 2.05) is 37.3 Å². The van der Waals surface area contributed by atoms with Gasteiger partial charge in [-0.3, -0.25) is 4.79 Å². The van der Waals surface area contributed by atoms with Crippen LogP contribution in [0.3, 0.4) is 0 Å². The summed E-state index contributed by atoms with van der Waals surface area (Å²) in [4.78, 5) is 12.1. The normalized spacial score (nSPS) is 12.1. The third kappa shape index (κ3) is 5.88. The largest absolute Gasteiger partial charge is 0.465 e. The molecule has 1 aromatic rings. The molecular weight excluding hydrogens is 240 g/mol. The van der Waals surface area contributed by atoms with Gasteiger partial charge in [0.1, 0.15) is 5.92 Å². The molecule has 1 aromatic carbocycles. The van der Waals surface area contributed by atoms with Crippen molar-refractivity contribution in [1.82, 2.24) is 0 Å². The Kier molecular flexibility index (Phi) is 7.91. The fourth-order valence-corrected chi connectivity index (χ4v) is 1.85. The molecule has 0 saturated heterocycles. The summed E-state index contributed by atoms with van der Waals surface area (Å²) in [6.45, 7) is 5.54. The molecule has 1 unspecified atom stereocenters. The molecule has 1 atom stereocenters. The molecule has 0 aliphatic heterocycles. The lowest BCUT2D eigenvalue weighted by Crippen LogP contribution is -2.21. The zero-order valence-electron chi connectivity index (χ0n) is 11.9. The highest BCUT2D eigenvalue weighted by Gasteiger charge is 2.22. The van der Waals surface area contributed by atoms with Crippen molar-refractivity contribution < 1.29 is 14.3 Å². The van der Waals surface area contributed by atoms with Gasteiger partial charge < -0.3 is 9.47 Å². The molecule has 0 aliphatic carbocycles. The highest BCUT2D eigenvalue weighted by molar-refractivity contribution is 5.78. The van der Waals surface area contributed by atoms with Crippen LogP contribution in [0.15, 0.2) is 30.3 Å². The summed E-state index contributed by atoms with van der Waals surface area (Å²) in [7, 11) is 0. The predicted octanol–water partition coefficient (Wildman–Crippen LogP) is 3.54. The van der Waals surface area contributed by atoms with Gasteiger partial charge in [0.15, 0.2) is 0 Å². The van der Waals surface area contributed by atoms with Gasteiger partial charge in [0.2, 0.25) is 0 Å². The van der Waals surface area contributed by atoms with E-state index in [4.69, 9.17) is 9.47 Å². The predicted molar refractivity (Wildman–Crippen MR) is 76.2 cm³/mol. The molecule has 3 nitrogen and oxygen atoms in total. The highest BCUT2D eigenvalue weighted by Crippen LogP contribution is 2.18. The van der Waals surface area contributed by atoms with Gasteiger partial charge >= 0.3 is 5.97 Å². The fraction of sp³-hybridized carbons (Fsp3) is 0.562. The lowest BCUT2D eigenvalue weighted by atomic mass is 10.0. The van der Waals surface area contributed by atoms with Crippen LogP contribution in [0.5, 0.6) is 0 Å². The number of carbonyl (C=O) groups excluding carboxylic acids is 1. The molecule has 0 heterocycles. The maximum Gasteiger partial charge on any atom is 0.315 e. The maximum atomic E-state index is 12.1. The van der Waals surface area contributed by atoms with Crippen LogP contribution in [0.1, 0.15) is 44.6 Å². The number of hydrogen-bond donors (Lipinski definition) is 0. The second-order valence-corrected chi connectivity index (χ2v) is 4.50. The second kappa shape index (κ2) is 9.56. The average molecular weight is 264 g/mol. The first-order chi connectivity index (χ1) is 9.29. The van der Waals surface area contributed by atoms with E-state index in [-0.39, 0.29) is 11.9 Å². The van der Waals surface area contributed by atoms with Gasteiger partial charge in [0.05, 0.1) is 13.2 Å². The standard InChI is InChI=1S/C16H24O3/c1-3-5-9-12-19-16(17)15(13-18-4-2)14-10-7-6-8-11-14/h6-8,10-11,15H,3-5,9,12-13H2,1-2H3. The summed E-state index contributed by atoms with van der Waals surface area (Å²) < 4.78 is 10.7. The van der Waals surface area contributed by atoms with E-state index in [1.165, 1.54) is 0 Å². The Morgan fingerprint density at radius 2 is 1.89 bits per heavy atom. The van der Waals surface area contributed by atoms with Crippen molar-refractivity contribution in [3.8, 4) is 0 Å². The van der Waals surface area contributed by atoms with E-state index < -0.39 is 0 Å². The molecule has 3 heteroatoms. The number of benzene rings is 1. The first-order valence-corrected chi connectivity index (χ1v) is 7.08. The number of esters is 1. The second-order valence-electron chi connectivity index (χ2n) is 4.50. The van der Waals surface area contributed by atoms with Crippen molar-refractivity contribution in [2.24, 2.45) is 0 Å². The van der Waals surface area contributed by atoms with Gasteiger partial charge in [-0.05, 0) is 18.9 Å². The van der Waals surface area contributed by atoms with E-state index >= 15 is 0 Å². The van der Waals surface area contributed by atoms with Crippen LogP contribution in [0.25, 0.3) is 0 Å². The van der Waals surface area contributed by atoms with Crippen LogP contribution in [-0.4, -0.2) is 25.8 Å². The van der Waals surface area contributed by atoms with Crippen molar-refractivity contribution in [2.75, 3.05) is 19.8 Å². The minimum atomic E-state index is -0.317. The van der Waals surface area contributed by atoms with Gasteiger partial charge in [-0.25, -0.2) is 0 Å². The maximum absolute atomic E-state index is 12.1. The molecular formula is C16H24O3. The Balaban J connectivity index is 2.55. The molecule has 0 saturated carbocycles. The first kappa shape index (κ1) is 15.7. The molecule has 1 rings (SSSR count). The smallest absolute Gasteiger partial charge is 0.315 e. The molecule has 0 fully saturated rings. The highest BCUT2D eigenvalue weighted by atomic mass is 16.5. The topological polar surface area (TPSA) is 35.5 Å². The summed E-state index contributed by atoms with van der Waals surface area (Å²) in [5, 5.41) is 0. The number of rotatable bonds is 9. The summed E-state index contributed by atoms with van der Waals surface area (Å²) in [6, 6.07) is 9.68. The third-order valence-corrected chi connectivity index (χ3v) is 2.97. The number of carbonyl (C=O) groups is 1. The number of hydrogen-bond acceptors (Lipinski definition) is 3. The number of unbranched alkanes of at least 4 members (excludes halogenated alkanes) is 2. The van der Waals surface area contributed by atoms with Crippen LogP contribution in [0.2, 0.25) is 0 Å². The van der Waals surface area contributed by atoms with E-state index in [9.17, 15) is 4.79 Å². The van der Waals surface area contributed by atoms with Gasteiger partial charge in [-0.2, -0.15) is 0 Å². The van der Waals surface area contributed by atoms with Crippen LogP contribution in [-0.2, 0) is 14.3 Å². The Labute approximate surface area is 115 Å². The molecule has 106 valence electrons.